The van der Waals surface area contributed by atoms with Crippen LogP contribution in [-0.4, -0.2) is 29.0 Å². The lowest BCUT2D eigenvalue weighted by Gasteiger charge is -2.17. The number of rotatable bonds is 6. The normalized spacial score (nSPS) is 11.7. The zero-order valence-electron chi connectivity index (χ0n) is 13.3. The Labute approximate surface area is 135 Å². The molecule has 0 fully saturated rings. The Hall–Kier alpha value is -2.81. The molecule has 1 unspecified atom stereocenters. The number of aromatic nitrogens is 1. The summed E-state index contributed by atoms with van der Waals surface area (Å²) in [6.07, 6.45) is 3.21. The SMILES string of the molecule is CCCC(NC(=O)c1ccc2c(ccn2C)c1)C(=O)NCC#N. The fraction of sp³-hybridized carbons (Fsp3) is 0.353. The van der Waals surface area contributed by atoms with Crippen LogP contribution in [0.25, 0.3) is 10.9 Å². The molecule has 0 saturated heterocycles. The minimum Gasteiger partial charge on any atom is -0.351 e. The van der Waals surface area contributed by atoms with Gasteiger partial charge in [0.15, 0.2) is 0 Å². The van der Waals surface area contributed by atoms with Gasteiger partial charge in [-0.1, -0.05) is 13.3 Å². The quantitative estimate of drug-likeness (QED) is 0.796. The summed E-state index contributed by atoms with van der Waals surface area (Å²) in [6, 6.07) is 8.60. The van der Waals surface area contributed by atoms with Crippen molar-refractivity contribution >= 4 is 22.7 Å². The molecule has 1 heterocycles. The highest BCUT2D eigenvalue weighted by Crippen LogP contribution is 2.16. The van der Waals surface area contributed by atoms with E-state index in [1.165, 1.54) is 0 Å². The van der Waals surface area contributed by atoms with Gasteiger partial charge < -0.3 is 15.2 Å². The Morgan fingerprint density at radius 3 is 2.83 bits per heavy atom. The number of fused-ring (bicyclic) bond motifs is 1. The van der Waals surface area contributed by atoms with Crippen molar-refractivity contribution in [2.45, 2.75) is 25.8 Å². The van der Waals surface area contributed by atoms with Crippen LogP contribution in [0.1, 0.15) is 30.1 Å². The standard InChI is InChI=1S/C17H20N4O2/c1-3-4-14(17(23)19-9-8-18)20-16(22)13-5-6-15-12(11-13)7-10-21(15)2/h5-7,10-11,14H,3-4,9H2,1-2H3,(H,19,23)(H,20,22). The van der Waals surface area contributed by atoms with Crippen LogP contribution >= 0.6 is 0 Å². The molecule has 0 bridgehead atoms. The molecule has 120 valence electrons. The number of nitriles is 1. The second kappa shape index (κ2) is 7.45. The van der Waals surface area contributed by atoms with E-state index in [0.717, 1.165) is 17.3 Å². The van der Waals surface area contributed by atoms with Gasteiger partial charge in [-0.3, -0.25) is 9.59 Å². The first kappa shape index (κ1) is 16.6. The van der Waals surface area contributed by atoms with Crippen molar-refractivity contribution in [3.05, 3.63) is 36.0 Å². The van der Waals surface area contributed by atoms with Crippen LogP contribution in [0.4, 0.5) is 0 Å². The number of benzene rings is 1. The lowest BCUT2D eigenvalue weighted by Crippen LogP contribution is -2.46. The van der Waals surface area contributed by atoms with Gasteiger partial charge in [0.1, 0.15) is 12.6 Å². The van der Waals surface area contributed by atoms with E-state index >= 15 is 0 Å². The van der Waals surface area contributed by atoms with E-state index in [0.29, 0.717) is 12.0 Å². The van der Waals surface area contributed by atoms with E-state index in [-0.39, 0.29) is 18.4 Å². The van der Waals surface area contributed by atoms with E-state index in [2.05, 4.69) is 10.6 Å². The van der Waals surface area contributed by atoms with Crippen LogP contribution in [-0.2, 0) is 11.8 Å². The molecule has 0 aliphatic rings. The van der Waals surface area contributed by atoms with Crippen molar-refractivity contribution in [3.8, 4) is 6.07 Å². The van der Waals surface area contributed by atoms with Crippen LogP contribution in [0, 0.1) is 11.3 Å². The Kier molecular flexibility index (Phi) is 5.36. The van der Waals surface area contributed by atoms with Crippen molar-refractivity contribution in [2.75, 3.05) is 6.54 Å². The van der Waals surface area contributed by atoms with Gasteiger partial charge in [-0.2, -0.15) is 5.26 Å². The molecule has 0 aliphatic carbocycles. The van der Waals surface area contributed by atoms with Gasteiger partial charge in [0, 0.05) is 29.7 Å². The minimum atomic E-state index is -0.632. The van der Waals surface area contributed by atoms with Crippen LogP contribution in [0.5, 0.6) is 0 Å². The number of amides is 2. The molecule has 2 rings (SSSR count). The number of carbonyl (C=O) groups excluding carboxylic acids is 2. The van der Waals surface area contributed by atoms with Gasteiger partial charge in [-0.15, -0.1) is 0 Å². The van der Waals surface area contributed by atoms with Crippen molar-refractivity contribution in [1.82, 2.24) is 15.2 Å². The lowest BCUT2D eigenvalue weighted by molar-refractivity contribution is -0.122. The van der Waals surface area contributed by atoms with Gasteiger partial charge in [0.2, 0.25) is 5.91 Å². The van der Waals surface area contributed by atoms with Gasteiger partial charge in [-0.25, -0.2) is 0 Å². The topological polar surface area (TPSA) is 86.9 Å². The zero-order chi connectivity index (χ0) is 16.8. The van der Waals surface area contributed by atoms with Crippen LogP contribution < -0.4 is 10.6 Å². The summed E-state index contributed by atoms with van der Waals surface area (Å²) >= 11 is 0. The van der Waals surface area contributed by atoms with Gasteiger partial charge in [0.25, 0.3) is 5.91 Å². The fourth-order valence-electron chi connectivity index (χ4n) is 2.47. The van der Waals surface area contributed by atoms with Crippen LogP contribution in [0.15, 0.2) is 30.5 Å². The van der Waals surface area contributed by atoms with Crippen LogP contribution in [0.2, 0.25) is 0 Å². The van der Waals surface area contributed by atoms with E-state index in [4.69, 9.17) is 5.26 Å². The number of aryl methyl sites for hydroxylation is 1. The van der Waals surface area contributed by atoms with E-state index in [1.807, 2.05) is 42.9 Å². The van der Waals surface area contributed by atoms with Crippen molar-refractivity contribution < 1.29 is 9.59 Å². The van der Waals surface area contributed by atoms with E-state index in [1.54, 1.807) is 12.1 Å². The summed E-state index contributed by atoms with van der Waals surface area (Å²) in [5.74, 6) is -0.621. The first-order chi connectivity index (χ1) is 11.1. The van der Waals surface area contributed by atoms with Gasteiger partial charge in [0.05, 0.1) is 6.07 Å². The smallest absolute Gasteiger partial charge is 0.251 e. The molecule has 23 heavy (non-hydrogen) atoms. The molecule has 2 N–H and O–H groups in total. The second-order valence-corrected chi connectivity index (χ2v) is 5.39. The lowest BCUT2D eigenvalue weighted by atomic mass is 10.1. The van der Waals surface area contributed by atoms with Crippen molar-refractivity contribution in [2.24, 2.45) is 7.05 Å². The first-order valence-electron chi connectivity index (χ1n) is 7.57. The number of nitrogens with zero attached hydrogens (tertiary/aromatic N) is 2. The average Bonchev–Trinajstić information content (AvgIpc) is 2.92. The van der Waals surface area contributed by atoms with E-state index in [9.17, 15) is 9.59 Å². The average molecular weight is 312 g/mol. The second-order valence-electron chi connectivity index (χ2n) is 5.39. The molecule has 1 atom stereocenters. The van der Waals surface area contributed by atoms with Crippen molar-refractivity contribution in [3.63, 3.8) is 0 Å². The molecule has 0 saturated carbocycles. The molecule has 0 spiro atoms. The maximum atomic E-state index is 12.4. The number of nitrogens with one attached hydrogen (secondary N) is 2. The number of hydrogen-bond donors (Lipinski definition) is 2. The van der Waals surface area contributed by atoms with Gasteiger partial charge in [-0.05, 0) is 30.7 Å². The predicted molar refractivity (Wildman–Crippen MR) is 87.7 cm³/mol. The monoisotopic (exact) mass is 312 g/mol. The highest BCUT2D eigenvalue weighted by atomic mass is 16.2. The highest BCUT2D eigenvalue weighted by molar-refractivity contribution is 6.00. The summed E-state index contributed by atoms with van der Waals surface area (Å²) in [4.78, 5) is 24.4. The largest absolute Gasteiger partial charge is 0.351 e. The number of carbonyl (C=O) groups is 2. The predicted octanol–water partition coefficient (Wildman–Crippen LogP) is 1.72. The Morgan fingerprint density at radius 2 is 2.13 bits per heavy atom. The first-order valence-corrected chi connectivity index (χ1v) is 7.57. The molecule has 2 aromatic rings. The van der Waals surface area contributed by atoms with Gasteiger partial charge >= 0.3 is 0 Å². The maximum Gasteiger partial charge on any atom is 0.251 e. The van der Waals surface area contributed by atoms with E-state index < -0.39 is 6.04 Å². The fourth-order valence-corrected chi connectivity index (χ4v) is 2.47. The minimum absolute atomic E-state index is 0.0646. The molecule has 0 radical (unpaired) electrons. The summed E-state index contributed by atoms with van der Waals surface area (Å²) < 4.78 is 1.98. The van der Waals surface area contributed by atoms with Crippen molar-refractivity contribution in [1.29, 1.82) is 5.26 Å². The zero-order valence-corrected chi connectivity index (χ0v) is 13.3. The molecular weight excluding hydrogens is 292 g/mol. The molecule has 6 nitrogen and oxygen atoms in total. The third-order valence-corrected chi connectivity index (χ3v) is 3.69. The summed E-state index contributed by atoms with van der Waals surface area (Å²) in [7, 11) is 1.94. The van der Waals surface area contributed by atoms with Crippen LogP contribution in [0.3, 0.4) is 0 Å². The Morgan fingerprint density at radius 1 is 1.35 bits per heavy atom. The number of hydrogen-bond acceptors (Lipinski definition) is 3. The maximum absolute atomic E-state index is 12.4. The Balaban J connectivity index is 2.13. The third-order valence-electron chi connectivity index (χ3n) is 3.69. The molecule has 0 aliphatic heterocycles. The molecule has 1 aromatic carbocycles. The molecule has 1 aromatic heterocycles. The molecular formula is C17H20N4O2. The summed E-state index contributed by atoms with van der Waals surface area (Å²) in [5, 5.41) is 14.7. The summed E-state index contributed by atoms with van der Waals surface area (Å²) in [6.45, 7) is 1.87. The highest BCUT2D eigenvalue weighted by Gasteiger charge is 2.20. The Bertz CT molecular complexity index is 758. The summed E-state index contributed by atoms with van der Waals surface area (Å²) in [5.41, 5.74) is 1.55. The molecule has 6 heteroatoms. The molecule has 2 amide bonds. The third kappa shape index (κ3) is 3.89.